The molecule has 0 radical (unpaired) electrons. The molecule has 2 aromatic heterocycles. The molecule has 1 N–H and O–H groups in total. The van der Waals surface area contributed by atoms with Gasteiger partial charge in [-0.3, -0.25) is 4.98 Å². The molecule has 0 aliphatic heterocycles. The summed E-state index contributed by atoms with van der Waals surface area (Å²) < 4.78 is 5.72. The third kappa shape index (κ3) is 4.83. The lowest BCUT2D eigenvalue weighted by Gasteiger charge is -2.11. The van der Waals surface area contributed by atoms with Gasteiger partial charge in [-0.2, -0.15) is 0 Å². The molecule has 0 saturated heterocycles. The highest BCUT2D eigenvalue weighted by Crippen LogP contribution is 2.20. The molecule has 112 valence electrons. The Morgan fingerprint density at radius 1 is 1.14 bits per heavy atom. The van der Waals surface area contributed by atoms with Crippen molar-refractivity contribution in [1.29, 1.82) is 0 Å². The maximum atomic E-state index is 5.72. The van der Waals surface area contributed by atoms with E-state index in [9.17, 15) is 0 Å². The van der Waals surface area contributed by atoms with Gasteiger partial charge in [0.05, 0.1) is 6.20 Å². The lowest BCUT2D eigenvalue weighted by Crippen LogP contribution is -2.19. The molecule has 2 heterocycles. The van der Waals surface area contributed by atoms with Gasteiger partial charge in [-0.1, -0.05) is 19.9 Å². The van der Waals surface area contributed by atoms with Crippen LogP contribution in [-0.2, 0) is 6.54 Å². The number of pyridine rings is 2. The van der Waals surface area contributed by atoms with Crippen LogP contribution in [0.4, 0.5) is 0 Å². The summed E-state index contributed by atoms with van der Waals surface area (Å²) in [6.45, 7) is 10.2. The van der Waals surface area contributed by atoms with E-state index in [2.05, 4.69) is 35.2 Å². The second kappa shape index (κ2) is 7.18. The Labute approximate surface area is 126 Å². The van der Waals surface area contributed by atoms with Crippen LogP contribution in [0.25, 0.3) is 0 Å². The van der Waals surface area contributed by atoms with Crippen molar-refractivity contribution < 1.29 is 4.74 Å². The molecular weight excluding hydrogens is 262 g/mol. The van der Waals surface area contributed by atoms with Crippen LogP contribution in [0, 0.1) is 19.8 Å². The van der Waals surface area contributed by atoms with Crippen molar-refractivity contribution in [1.82, 2.24) is 15.3 Å². The van der Waals surface area contributed by atoms with Crippen LogP contribution < -0.4 is 10.1 Å². The number of nitrogens with one attached hydrogen (secondary N) is 1. The van der Waals surface area contributed by atoms with Gasteiger partial charge in [-0.05, 0) is 44.0 Å². The summed E-state index contributed by atoms with van der Waals surface area (Å²) in [6, 6.07) is 7.79. The second-order valence-electron chi connectivity index (χ2n) is 5.66. The number of ether oxygens (including phenoxy) is 1. The van der Waals surface area contributed by atoms with Gasteiger partial charge in [-0.25, -0.2) is 4.98 Å². The van der Waals surface area contributed by atoms with Crippen LogP contribution in [0.15, 0.2) is 30.5 Å². The third-order valence-electron chi connectivity index (χ3n) is 3.14. The summed E-state index contributed by atoms with van der Waals surface area (Å²) >= 11 is 0. The van der Waals surface area contributed by atoms with Gasteiger partial charge in [-0.15, -0.1) is 0 Å². The van der Waals surface area contributed by atoms with E-state index in [1.807, 2.05) is 32.0 Å². The van der Waals surface area contributed by atoms with Gasteiger partial charge in [0.25, 0.3) is 0 Å². The van der Waals surface area contributed by atoms with Crippen molar-refractivity contribution in [2.45, 2.75) is 34.2 Å². The molecule has 4 heteroatoms. The Bertz CT molecular complexity index is 579. The van der Waals surface area contributed by atoms with E-state index >= 15 is 0 Å². The van der Waals surface area contributed by atoms with E-state index in [0.717, 1.165) is 24.5 Å². The first-order valence-corrected chi connectivity index (χ1v) is 7.32. The zero-order valence-electron chi connectivity index (χ0n) is 13.2. The van der Waals surface area contributed by atoms with Crippen LogP contribution in [-0.4, -0.2) is 16.5 Å². The minimum atomic E-state index is 0.603. The van der Waals surface area contributed by atoms with Crippen molar-refractivity contribution in [3.63, 3.8) is 0 Å². The monoisotopic (exact) mass is 285 g/mol. The highest BCUT2D eigenvalue weighted by Gasteiger charge is 2.04. The zero-order valence-corrected chi connectivity index (χ0v) is 13.2. The quantitative estimate of drug-likeness (QED) is 0.880. The van der Waals surface area contributed by atoms with E-state index in [1.165, 1.54) is 5.56 Å². The highest BCUT2D eigenvalue weighted by atomic mass is 16.5. The summed E-state index contributed by atoms with van der Waals surface area (Å²) in [5, 5.41) is 3.43. The number of rotatable bonds is 6. The van der Waals surface area contributed by atoms with Crippen molar-refractivity contribution in [3.05, 3.63) is 47.4 Å². The van der Waals surface area contributed by atoms with Crippen molar-refractivity contribution >= 4 is 0 Å². The fourth-order valence-corrected chi connectivity index (χ4v) is 1.94. The van der Waals surface area contributed by atoms with Crippen LogP contribution in [0.5, 0.6) is 11.6 Å². The average Bonchev–Trinajstić information content (AvgIpc) is 2.43. The molecule has 0 fully saturated rings. The standard InChI is InChI=1S/C17H23N3O/c1-12(2)9-18-10-15-6-8-17(20-14(15)4)21-16-7-5-13(3)19-11-16/h5-8,11-12,18H,9-10H2,1-4H3. The Morgan fingerprint density at radius 2 is 1.95 bits per heavy atom. The van der Waals surface area contributed by atoms with Gasteiger partial charge in [0.1, 0.15) is 5.75 Å². The zero-order chi connectivity index (χ0) is 15.2. The maximum Gasteiger partial charge on any atom is 0.219 e. The molecule has 0 aliphatic rings. The summed E-state index contributed by atoms with van der Waals surface area (Å²) in [5.74, 6) is 1.96. The lowest BCUT2D eigenvalue weighted by molar-refractivity contribution is 0.458. The van der Waals surface area contributed by atoms with Crippen LogP contribution in [0.2, 0.25) is 0 Å². The largest absolute Gasteiger partial charge is 0.437 e. The minimum absolute atomic E-state index is 0.603. The molecule has 21 heavy (non-hydrogen) atoms. The Hall–Kier alpha value is -1.94. The second-order valence-corrected chi connectivity index (χ2v) is 5.66. The fraction of sp³-hybridized carbons (Fsp3) is 0.412. The van der Waals surface area contributed by atoms with E-state index in [1.54, 1.807) is 6.20 Å². The first-order chi connectivity index (χ1) is 10.0. The highest BCUT2D eigenvalue weighted by molar-refractivity contribution is 5.29. The van der Waals surface area contributed by atoms with E-state index in [0.29, 0.717) is 17.5 Å². The molecule has 2 rings (SSSR count). The van der Waals surface area contributed by atoms with E-state index in [4.69, 9.17) is 4.74 Å². The number of aromatic nitrogens is 2. The van der Waals surface area contributed by atoms with Crippen molar-refractivity contribution in [3.8, 4) is 11.6 Å². The van der Waals surface area contributed by atoms with Crippen LogP contribution in [0.1, 0.15) is 30.8 Å². The molecule has 0 atom stereocenters. The Morgan fingerprint density at radius 3 is 2.57 bits per heavy atom. The van der Waals surface area contributed by atoms with Crippen LogP contribution in [0.3, 0.4) is 0 Å². The normalized spacial score (nSPS) is 10.9. The molecule has 0 aliphatic carbocycles. The SMILES string of the molecule is Cc1ccc(Oc2ccc(CNCC(C)C)c(C)n2)cn1. The van der Waals surface area contributed by atoms with Gasteiger partial charge in [0.15, 0.2) is 0 Å². The molecule has 0 saturated carbocycles. The van der Waals surface area contributed by atoms with Gasteiger partial charge < -0.3 is 10.1 Å². The predicted molar refractivity (Wildman–Crippen MR) is 84.6 cm³/mol. The molecule has 0 aromatic carbocycles. The Kier molecular flexibility index (Phi) is 5.28. The third-order valence-corrected chi connectivity index (χ3v) is 3.14. The van der Waals surface area contributed by atoms with E-state index < -0.39 is 0 Å². The Balaban J connectivity index is 1.99. The molecule has 2 aromatic rings. The van der Waals surface area contributed by atoms with E-state index in [-0.39, 0.29) is 0 Å². The minimum Gasteiger partial charge on any atom is -0.437 e. The smallest absolute Gasteiger partial charge is 0.219 e. The number of nitrogens with zero attached hydrogens (tertiary/aromatic N) is 2. The predicted octanol–water partition coefficient (Wildman–Crippen LogP) is 3.63. The number of hydrogen-bond donors (Lipinski definition) is 1. The summed E-state index contributed by atoms with van der Waals surface area (Å²) in [6.07, 6.45) is 1.71. The first-order valence-electron chi connectivity index (χ1n) is 7.32. The summed E-state index contributed by atoms with van der Waals surface area (Å²) in [7, 11) is 0. The molecule has 0 spiro atoms. The molecule has 0 amide bonds. The van der Waals surface area contributed by atoms with Gasteiger partial charge >= 0.3 is 0 Å². The van der Waals surface area contributed by atoms with Crippen molar-refractivity contribution in [2.75, 3.05) is 6.54 Å². The topological polar surface area (TPSA) is 47.0 Å². The van der Waals surface area contributed by atoms with Crippen molar-refractivity contribution in [2.24, 2.45) is 5.92 Å². The lowest BCUT2D eigenvalue weighted by atomic mass is 10.2. The number of aryl methyl sites for hydroxylation is 2. The number of hydrogen-bond acceptors (Lipinski definition) is 4. The van der Waals surface area contributed by atoms with Crippen LogP contribution >= 0.6 is 0 Å². The summed E-state index contributed by atoms with van der Waals surface area (Å²) in [5.41, 5.74) is 3.16. The maximum absolute atomic E-state index is 5.72. The van der Waals surface area contributed by atoms with Gasteiger partial charge in [0, 0.05) is 24.0 Å². The average molecular weight is 285 g/mol. The molecule has 0 bridgehead atoms. The fourth-order valence-electron chi connectivity index (χ4n) is 1.94. The van der Waals surface area contributed by atoms with Gasteiger partial charge in [0.2, 0.25) is 5.88 Å². The first kappa shape index (κ1) is 15.4. The molecular formula is C17H23N3O. The molecule has 0 unspecified atom stereocenters. The molecule has 4 nitrogen and oxygen atoms in total. The summed E-state index contributed by atoms with van der Waals surface area (Å²) in [4.78, 5) is 8.71.